The van der Waals surface area contributed by atoms with Crippen LogP contribution < -0.4 is 16.6 Å². The summed E-state index contributed by atoms with van der Waals surface area (Å²) in [7, 11) is 0. The summed E-state index contributed by atoms with van der Waals surface area (Å²) in [5.74, 6) is -0.182. The van der Waals surface area contributed by atoms with Crippen LogP contribution in [-0.2, 0) is 11.3 Å². The Balaban J connectivity index is 1.99. The number of hydrogen-bond donors (Lipinski definition) is 2. The molecule has 0 fully saturated rings. The third-order valence-electron chi connectivity index (χ3n) is 3.21. The first-order valence-electron chi connectivity index (χ1n) is 6.66. The number of aryl methyl sites for hydroxylation is 2. The standard InChI is InChI=1S/C15H18N4O2/c1-10-8-15(21)19(17-9-10)7-6-14(20)18-13-5-3-4-12(16)11(13)2/h3-5,8-9H,6-7,16H2,1-2H3,(H,18,20). The predicted octanol–water partition coefficient (Wildman–Crippen LogP) is 1.47. The van der Waals surface area contributed by atoms with E-state index in [1.807, 2.05) is 6.92 Å². The smallest absolute Gasteiger partial charge is 0.266 e. The van der Waals surface area contributed by atoms with Gasteiger partial charge in [0.15, 0.2) is 0 Å². The molecular weight excluding hydrogens is 268 g/mol. The maximum Gasteiger partial charge on any atom is 0.266 e. The molecule has 0 aliphatic rings. The van der Waals surface area contributed by atoms with Gasteiger partial charge >= 0.3 is 0 Å². The number of hydrogen-bond acceptors (Lipinski definition) is 4. The highest BCUT2D eigenvalue weighted by Gasteiger charge is 2.07. The van der Waals surface area contributed by atoms with Crippen molar-refractivity contribution in [3.8, 4) is 0 Å². The molecule has 0 aliphatic carbocycles. The van der Waals surface area contributed by atoms with Gasteiger partial charge in [0.25, 0.3) is 5.56 Å². The summed E-state index contributed by atoms with van der Waals surface area (Å²) in [6.45, 7) is 3.89. The lowest BCUT2D eigenvalue weighted by Gasteiger charge is -2.10. The Hall–Kier alpha value is -2.63. The first-order chi connectivity index (χ1) is 9.97. The van der Waals surface area contributed by atoms with Gasteiger partial charge in [-0.15, -0.1) is 0 Å². The van der Waals surface area contributed by atoms with Crippen LogP contribution in [-0.4, -0.2) is 15.7 Å². The normalized spacial score (nSPS) is 10.4. The monoisotopic (exact) mass is 286 g/mol. The van der Waals surface area contributed by atoms with Gasteiger partial charge in [0.1, 0.15) is 0 Å². The van der Waals surface area contributed by atoms with Crippen LogP contribution in [0.15, 0.2) is 35.3 Å². The Morgan fingerprint density at radius 2 is 2.14 bits per heavy atom. The first-order valence-corrected chi connectivity index (χ1v) is 6.66. The number of rotatable bonds is 4. The topological polar surface area (TPSA) is 90.0 Å². The third-order valence-corrected chi connectivity index (χ3v) is 3.21. The van der Waals surface area contributed by atoms with Crippen molar-refractivity contribution in [2.45, 2.75) is 26.8 Å². The van der Waals surface area contributed by atoms with Crippen LogP contribution in [0.3, 0.4) is 0 Å². The molecule has 6 heteroatoms. The number of nitrogens with zero attached hydrogens (tertiary/aromatic N) is 2. The van der Waals surface area contributed by atoms with E-state index in [0.717, 1.165) is 11.1 Å². The molecule has 2 aromatic rings. The number of amides is 1. The highest BCUT2D eigenvalue weighted by atomic mass is 16.2. The van der Waals surface area contributed by atoms with E-state index >= 15 is 0 Å². The minimum Gasteiger partial charge on any atom is -0.398 e. The van der Waals surface area contributed by atoms with Crippen molar-refractivity contribution in [1.29, 1.82) is 0 Å². The van der Waals surface area contributed by atoms with Crippen molar-refractivity contribution >= 4 is 17.3 Å². The van der Waals surface area contributed by atoms with Gasteiger partial charge in [0.2, 0.25) is 5.91 Å². The maximum atomic E-state index is 11.9. The number of nitrogens with two attached hydrogens (primary N) is 1. The van der Waals surface area contributed by atoms with Gasteiger partial charge in [-0.3, -0.25) is 9.59 Å². The third kappa shape index (κ3) is 3.68. The van der Waals surface area contributed by atoms with E-state index in [1.54, 1.807) is 31.3 Å². The number of aromatic nitrogens is 2. The molecule has 21 heavy (non-hydrogen) atoms. The van der Waals surface area contributed by atoms with Crippen LogP contribution in [0.2, 0.25) is 0 Å². The number of carbonyl (C=O) groups is 1. The van der Waals surface area contributed by atoms with Gasteiger partial charge in [-0.05, 0) is 37.1 Å². The summed E-state index contributed by atoms with van der Waals surface area (Å²) in [5.41, 5.74) is 8.53. The fourth-order valence-corrected chi connectivity index (χ4v) is 1.90. The highest BCUT2D eigenvalue weighted by Crippen LogP contribution is 2.20. The van der Waals surface area contributed by atoms with Crippen molar-refractivity contribution in [1.82, 2.24) is 9.78 Å². The molecule has 0 saturated carbocycles. The van der Waals surface area contributed by atoms with Crippen LogP contribution in [0.4, 0.5) is 11.4 Å². The van der Waals surface area contributed by atoms with Gasteiger partial charge in [-0.1, -0.05) is 6.07 Å². The number of benzene rings is 1. The van der Waals surface area contributed by atoms with E-state index in [1.165, 1.54) is 10.7 Å². The van der Waals surface area contributed by atoms with Crippen molar-refractivity contribution < 1.29 is 4.79 Å². The molecule has 110 valence electrons. The van der Waals surface area contributed by atoms with Crippen LogP contribution in [0, 0.1) is 13.8 Å². The number of nitrogen functional groups attached to an aromatic ring is 1. The average Bonchev–Trinajstić information content (AvgIpc) is 2.43. The summed E-state index contributed by atoms with van der Waals surface area (Å²) < 4.78 is 1.28. The minimum absolute atomic E-state index is 0.171. The van der Waals surface area contributed by atoms with Gasteiger partial charge in [-0.25, -0.2) is 4.68 Å². The van der Waals surface area contributed by atoms with Crippen LogP contribution in [0.25, 0.3) is 0 Å². The summed E-state index contributed by atoms with van der Waals surface area (Å²) >= 11 is 0. The first kappa shape index (κ1) is 14.8. The summed E-state index contributed by atoms with van der Waals surface area (Å²) in [4.78, 5) is 23.6. The minimum atomic E-state index is -0.206. The van der Waals surface area contributed by atoms with Gasteiger partial charge in [0.05, 0.1) is 12.7 Å². The zero-order valence-corrected chi connectivity index (χ0v) is 12.1. The Kier molecular flexibility index (Phi) is 4.37. The van der Waals surface area contributed by atoms with Gasteiger partial charge in [0, 0.05) is 23.9 Å². The van der Waals surface area contributed by atoms with Gasteiger partial charge in [-0.2, -0.15) is 5.10 Å². The van der Waals surface area contributed by atoms with Crippen molar-refractivity contribution in [3.63, 3.8) is 0 Å². The molecule has 1 aromatic carbocycles. The van der Waals surface area contributed by atoms with Crippen molar-refractivity contribution in [3.05, 3.63) is 51.9 Å². The average molecular weight is 286 g/mol. The Morgan fingerprint density at radius 1 is 1.38 bits per heavy atom. The molecule has 1 aromatic heterocycles. The molecule has 0 radical (unpaired) electrons. The molecule has 0 saturated heterocycles. The highest BCUT2D eigenvalue weighted by molar-refractivity contribution is 5.92. The van der Waals surface area contributed by atoms with Crippen molar-refractivity contribution in [2.24, 2.45) is 0 Å². The fraction of sp³-hybridized carbons (Fsp3) is 0.267. The molecule has 1 heterocycles. The van der Waals surface area contributed by atoms with E-state index in [-0.39, 0.29) is 24.4 Å². The maximum absolute atomic E-state index is 11.9. The summed E-state index contributed by atoms with van der Waals surface area (Å²) in [6.07, 6.45) is 1.77. The Morgan fingerprint density at radius 3 is 2.86 bits per heavy atom. The zero-order valence-electron chi connectivity index (χ0n) is 12.1. The Bertz CT molecular complexity index is 722. The lowest BCUT2D eigenvalue weighted by atomic mass is 10.1. The fourth-order valence-electron chi connectivity index (χ4n) is 1.90. The second-order valence-electron chi connectivity index (χ2n) is 4.91. The molecule has 0 bridgehead atoms. The van der Waals surface area contributed by atoms with Crippen LogP contribution in [0.5, 0.6) is 0 Å². The SMILES string of the molecule is Cc1cnn(CCC(=O)Nc2cccc(N)c2C)c(=O)c1. The van der Waals surface area contributed by atoms with Crippen LogP contribution in [0.1, 0.15) is 17.5 Å². The van der Waals surface area contributed by atoms with E-state index in [0.29, 0.717) is 11.4 Å². The number of carbonyl (C=O) groups excluding carboxylic acids is 1. The number of nitrogens with one attached hydrogen (secondary N) is 1. The summed E-state index contributed by atoms with van der Waals surface area (Å²) in [5, 5.41) is 6.78. The molecule has 6 nitrogen and oxygen atoms in total. The van der Waals surface area contributed by atoms with E-state index in [9.17, 15) is 9.59 Å². The zero-order chi connectivity index (χ0) is 15.4. The molecule has 0 unspecified atom stereocenters. The lowest BCUT2D eigenvalue weighted by Crippen LogP contribution is -2.25. The summed E-state index contributed by atoms with van der Waals surface area (Å²) in [6, 6.07) is 6.84. The molecule has 0 aliphatic heterocycles. The lowest BCUT2D eigenvalue weighted by molar-refractivity contribution is -0.116. The predicted molar refractivity (Wildman–Crippen MR) is 82.1 cm³/mol. The molecule has 2 rings (SSSR count). The number of anilines is 2. The Labute approximate surface area is 122 Å². The second kappa shape index (κ2) is 6.21. The van der Waals surface area contributed by atoms with E-state index < -0.39 is 0 Å². The molecular formula is C15H18N4O2. The molecule has 0 atom stereocenters. The van der Waals surface area contributed by atoms with E-state index in [4.69, 9.17) is 5.73 Å². The quantitative estimate of drug-likeness (QED) is 0.833. The molecule has 0 spiro atoms. The van der Waals surface area contributed by atoms with Gasteiger partial charge < -0.3 is 11.1 Å². The largest absolute Gasteiger partial charge is 0.398 e. The molecule has 3 N–H and O–H groups in total. The molecule has 1 amide bonds. The van der Waals surface area contributed by atoms with Crippen LogP contribution >= 0.6 is 0 Å². The van der Waals surface area contributed by atoms with E-state index in [2.05, 4.69) is 10.4 Å². The van der Waals surface area contributed by atoms with Crippen molar-refractivity contribution in [2.75, 3.05) is 11.1 Å². The second-order valence-corrected chi connectivity index (χ2v) is 4.91.